The number of amides is 1. The molecule has 1 unspecified atom stereocenters. The molecular weight excluding hydrogens is 204 g/mol. The lowest BCUT2D eigenvalue weighted by atomic mass is 10.3. The van der Waals surface area contributed by atoms with E-state index in [1.54, 1.807) is 13.8 Å². The fourth-order valence-electron chi connectivity index (χ4n) is 0.856. The summed E-state index contributed by atoms with van der Waals surface area (Å²) in [6.45, 7) is 3.76. The summed E-state index contributed by atoms with van der Waals surface area (Å²) in [5.74, 6) is -0.108. The monoisotopic (exact) mass is 222 g/mol. The van der Waals surface area contributed by atoms with Gasteiger partial charge in [-0.1, -0.05) is 6.92 Å². The number of rotatable bonds is 7. The van der Waals surface area contributed by atoms with E-state index in [4.69, 9.17) is 5.73 Å². The maximum absolute atomic E-state index is 11.1. The third-order valence-corrected chi connectivity index (χ3v) is 3.74. The largest absolute Gasteiger partial charge is 0.368 e. The summed E-state index contributed by atoms with van der Waals surface area (Å²) >= 11 is 0. The van der Waals surface area contributed by atoms with Gasteiger partial charge in [0.1, 0.15) is 9.84 Å². The minimum absolute atomic E-state index is 0.155. The summed E-state index contributed by atoms with van der Waals surface area (Å²) < 4.78 is 22.1. The van der Waals surface area contributed by atoms with Crippen LogP contribution in [-0.4, -0.2) is 38.4 Å². The highest BCUT2D eigenvalue weighted by atomic mass is 32.2. The van der Waals surface area contributed by atoms with Gasteiger partial charge in [0, 0.05) is 5.75 Å². The summed E-state index contributed by atoms with van der Waals surface area (Å²) in [4.78, 5) is 10.6. The number of hydrogen-bond donors (Lipinski definition) is 2. The van der Waals surface area contributed by atoms with E-state index in [1.165, 1.54) is 0 Å². The molecule has 0 heterocycles. The first kappa shape index (κ1) is 13.4. The molecule has 0 rings (SSSR count). The first-order valence-corrected chi connectivity index (χ1v) is 6.44. The van der Waals surface area contributed by atoms with Crippen molar-refractivity contribution in [1.82, 2.24) is 5.32 Å². The van der Waals surface area contributed by atoms with E-state index in [0.717, 1.165) is 0 Å². The summed E-state index contributed by atoms with van der Waals surface area (Å²) in [5.41, 5.74) is 5.01. The Morgan fingerprint density at radius 2 is 2.07 bits per heavy atom. The summed E-state index contributed by atoms with van der Waals surface area (Å²) in [5, 5.41) is 2.84. The predicted octanol–water partition coefficient (Wildman–Crippen LogP) is -0.725. The molecule has 0 radical (unpaired) electrons. The molecule has 0 aromatic rings. The SMILES string of the molecule is CCS(=O)(=O)CCCNC(C)C(N)=O. The Morgan fingerprint density at radius 3 is 2.50 bits per heavy atom. The molecule has 0 saturated carbocycles. The van der Waals surface area contributed by atoms with E-state index in [-0.39, 0.29) is 11.5 Å². The van der Waals surface area contributed by atoms with Crippen LogP contribution in [0.25, 0.3) is 0 Å². The molecule has 0 aromatic heterocycles. The van der Waals surface area contributed by atoms with Crippen molar-refractivity contribution >= 4 is 15.7 Å². The number of carbonyl (C=O) groups is 1. The van der Waals surface area contributed by atoms with E-state index < -0.39 is 21.8 Å². The average Bonchev–Trinajstić information content (AvgIpc) is 2.12. The van der Waals surface area contributed by atoms with Crippen molar-refractivity contribution in [3.05, 3.63) is 0 Å². The van der Waals surface area contributed by atoms with Crippen LogP contribution in [0, 0.1) is 0 Å². The topological polar surface area (TPSA) is 89.3 Å². The fraction of sp³-hybridized carbons (Fsp3) is 0.875. The molecule has 84 valence electrons. The maximum Gasteiger partial charge on any atom is 0.234 e. The van der Waals surface area contributed by atoms with Crippen LogP contribution in [0.4, 0.5) is 0 Å². The number of sulfone groups is 1. The van der Waals surface area contributed by atoms with Crippen molar-refractivity contribution < 1.29 is 13.2 Å². The third kappa shape index (κ3) is 5.93. The van der Waals surface area contributed by atoms with E-state index in [2.05, 4.69) is 5.32 Å². The number of nitrogens with one attached hydrogen (secondary N) is 1. The van der Waals surface area contributed by atoms with Crippen LogP contribution in [0.15, 0.2) is 0 Å². The molecule has 5 nitrogen and oxygen atoms in total. The number of carbonyl (C=O) groups excluding carboxylic acids is 1. The standard InChI is InChI=1S/C8H18N2O3S/c1-3-14(12,13)6-4-5-10-7(2)8(9)11/h7,10H,3-6H2,1-2H3,(H2,9,11). The molecule has 0 aliphatic carbocycles. The second-order valence-electron chi connectivity index (χ2n) is 3.17. The minimum Gasteiger partial charge on any atom is -0.368 e. The molecule has 1 atom stereocenters. The van der Waals surface area contributed by atoms with Crippen molar-refractivity contribution in [2.45, 2.75) is 26.3 Å². The Hall–Kier alpha value is -0.620. The van der Waals surface area contributed by atoms with Crippen LogP contribution >= 0.6 is 0 Å². The second-order valence-corrected chi connectivity index (χ2v) is 5.64. The summed E-state index contributed by atoms with van der Waals surface area (Å²) in [6, 6.07) is -0.403. The number of hydrogen-bond acceptors (Lipinski definition) is 4. The highest BCUT2D eigenvalue weighted by Crippen LogP contribution is 1.92. The molecule has 3 N–H and O–H groups in total. The fourth-order valence-corrected chi connectivity index (χ4v) is 1.73. The Morgan fingerprint density at radius 1 is 1.50 bits per heavy atom. The molecular formula is C8H18N2O3S. The van der Waals surface area contributed by atoms with Gasteiger partial charge in [-0.3, -0.25) is 4.79 Å². The van der Waals surface area contributed by atoms with Gasteiger partial charge in [-0.15, -0.1) is 0 Å². The Balaban J connectivity index is 3.62. The first-order valence-electron chi connectivity index (χ1n) is 4.62. The van der Waals surface area contributed by atoms with E-state index in [9.17, 15) is 13.2 Å². The van der Waals surface area contributed by atoms with Gasteiger partial charge in [-0.05, 0) is 19.9 Å². The zero-order valence-corrected chi connectivity index (χ0v) is 9.43. The van der Waals surface area contributed by atoms with Gasteiger partial charge >= 0.3 is 0 Å². The number of primary amides is 1. The maximum atomic E-state index is 11.1. The zero-order valence-electron chi connectivity index (χ0n) is 8.62. The molecule has 14 heavy (non-hydrogen) atoms. The van der Waals surface area contributed by atoms with Crippen molar-refractivity contribution in [2.24, 2.45) is 5.73 Å². The molecule has 0 aliphatic rings. The molecule has 0 fully saturated rings. The molecule has 0 spiro atoms. The van der Waals surface area contributed by atoms with Gasteiger partial charge in [0.05, 0.1) is 11.8 Å². The lowest BCUT2D eigenvalue weighted by Gasteiger charge is -2.09. The van der Waals surface area contributed by atoms with Gasteiger partial charge < -0.3 is 11.1 Å². The first-order chi connectivity index (χ1) is 6.39. The molecule has 6 heteroatoms. The zero-order chi connectivity index (χ0) is 11.2. The molecule has 0 bridgehead atoms. The minimum atomic E-state index is -2.89. The lowest BCUT2D eigenvalue weighted by molar-refractivity contribution is -0.119. The predicted molar refractivity (Wildman–Crippen MR) is 55.6 cm³/mol. The van der Waals surface area contributed by atoms with Crippen LogP contribution < -0.4 is 11.1 Å². The van der Waals surface area contributed by atoms with Crippen LogP contribution in [0.1, 0.15) is 20.3 Å². The molecule has 0 aromatic carbocycles. The van der Waals surface area contributed by atoms with Crippen LogP contribution in [0.2, 0.25) is 0 Å². The quantitative estimate of drug-likeness (QED) is 0.556. The Labute approximate surface area is 85.0 Å². The second kappa shape index (κ2) is 5.98. The molecule has 0 aliphatic heterocycles. The van der Waals surface area contributed by atoms with Crippen LogP contribution in [-0.2, 0) is 14.6 Å². The van der Waals surface area contributed by atoms with E-state index in [0.29, 0.717) is 13.0 Å². The lowest BCUT2D eigenvalue weighted by Crippen LogP contribution is -2.39. The van der Waals surface area contributed by atoms with Gasteiger partial charge in [0.25, 0.3) is 0 Å². The van der Waals surface area contributed by atoms with E-state index >= 15 is 0 Å². The van der Waals surface area contributed by atoms with Gasteiger partial charge in [0.2, 0.25) is 5.91 Å². The van der Waals surface area contributed by atoms with Crippen molar-refractivity contribution in [3.8, 4) is 0 Å². The Kier molecular flexibility index (Phi) is 5.71. The van der Waals surface area contributed by atoms with Crippen molar-refractivity contribution in [1.29, 1.82) is 0 Å². The van der Waals surface area contributed by atoms with Gasteiger partial charge in [0.15, 0.2) is 0 Å². The van der Waals surface area contributed by atoms with Crippen LogP contribution in [0.3, 0.4) is 0 Å². The van der Waals surface area contributed by atoms with Crippen molar-refractivity contribution in [3.63, 3.8) is 0 Å². The summed E-state index contributed by atoms with van der Waals surface area (Å²) in [7, 11) is -2.89. The van der Waals surface area contributed by atoms with Gasteiger partial charge in [-0.25, -0.2) is 8.42 Å². The third-order valence-electron chi connectivity index (χ3n) is 1.95. The Bertz CT molecular complexity index is 274. The van der Waals surface area contributed by atoms with Gasteiger partial charge in [-0.2, -0.15) is 0 Å². The molecule has 0 saturated heterocycles. The highest BCUT2D eigenvalue weighted by molar-refractivity contribution is 7.91. The normalized spacial score (nSPS) is 13.9. The van der Waals surface area contributed by atoms with E-state index in [1.807, 2.05) is 0 Å². The van der Waals surface area contributed by atoms with Crippen LogP contribution in [0.5, 0.6) is 0 Å². The van der Waals surface area contributed by atoms with Crippen molar-refractivity contribution in [2.75, 3.05) is 18.1 Å². The molecule has 1 amide bonds. The highest BCUT2D eigenvalue weighted by Gasteiger charge is 2.09. The average molecular weight is 222 g/mol. The number of nitrogens with two attached hydrogens (primary N) is 1. The smallest absolute Gasteiger partial charge is 0.234 e. The summed E-state index contributed by atoms with van der Waals surface area (Å²) in [6.07, 6.45) is 0.508.